The number of sulfonamides is 1. The second kappa shape index (κ2) is 9.23. The lowest BCUT2D eigenvalue weighted by Crippen LogP contribution is -2.43. The number of anilines is 2. The molecule has 3 rings (SSSR count). The van der Waals surface area contributed by atoms with E-state index >= 15 is 0 Å². The lowest BCUT2D eigenvalue weighted by molar-refractivity contribution is -0.121. The second-order valence-corrected chi connectivity index (χ2v) is 9.87. The van der Waals surface area contributed by atoms with Crippen LogP contribution in [0.25, 0.3) is 0 Å². The van der Waals surface area contributed by atoms with Crippen molar-refractivity contribution in [1.29, 1.82) is 0 Å². The number of halogens is 2. The van der Waals surface area contributed by atoms with E-state index in [4.69, 9.17) is 0 Å². The van der Waals surface area contributed by atoms with Crippen LogP contribution in [0, 0.1) is 11.7 Å². The third kappa shape index (κ3) is 5.24. The van der Waals surface area contributed by atoms with E-state index in [-0.39, 0.29) is 23.0 Å². The Morgan fingerprint density at radius 2 is 1.83 bits per heavy atom. The molecule has 0 aromatic heterocycles. The molecule has 2 N–H and O–H groups in total. The van der Waals surface area contributed by atoms with E-state index in [2.05, 4.69) is 26.6 Å². The molecule has 1 saturated heterocycles. The summed E-state index contributed by atoms with van der Waals surface area (Å²) in [7, 11) is -3.71. The Kier molecular flexibility index (Phi) is 6.89. The molecule has 2 amide bonds. The van der Waals surface area contributed by atoms with Gasteiger partial charge in [-0.1, -0.05) is 15.9 Å². The zero-order chi connectivity index (χ0) is 21.9. The van der Waals surface area contributed by atoms with Crippen molar-refractivity contribution in [2.45, 2.75) is 24.7 Å². The molecule has 0 radical (unpaired) electrons. The Bertz CT molecular complexity index is 1060. The fraction of sp³-hybridized carbons (Fsp3) is 0.300. The van der Waals surface area contributed by atoms with Gasteiger partial charge in [-0.25, -0.2) is 12.8 Å². The maximum Gasteiger partial charge on any atom is 0.243 e. The van der Waals surface area contributed by atoms with Crippen molar-refractivity contribution in [2.75, 3.05) is 23.7 Å². The molecule has 0 spiro atoms. The molecule has 0 bridgehead atoms. The minimum atomic E-state index is -3.71. The van der Waals surface area contributed by atoms with E-state index in [0.717, 1.165) is 10.5 Å². The lowest BCUT2D eigenvalue weighted by atomic mass is 9.98. The highest BCUT2D eigenvalue weighted by atomic mass is 79.9. The van der Waals surface area contributed by atoms with Crippen molar-refractivity contribution < 1.29 is 22.4 Å². The summed E-state index contributed by atoms with van der Waals surface area (Å²) in [5, 5.41) is 5.05. The number of hydrogen-bond acceptors (Lipinski definition) is 4. The van der Waals surface area contributed by atoms with Crippen molar-refractivity contribution in [3.63, 3.8) is 0 Å². The number of carbonyl (C=O) groups excluding carboxylic acids is 2. The van der Waals surface area contributed by atoms with Crippen LogP contribution in [0.2, 0.25) is 0 Å². The Balaban J connectivity index is 1.71. The van der Waals surface area contributed by atoms with Gasteiger partial charge in [0.15, 0.2) is 0 Å². The van der Waals surface area contributed by atoms with E-state index in [0.29, 0.717) is 25.1 Å². The molecular weight excluding hydrogens is 477 g/mol. The quantitative estimate of drug-likeness (QED) is 0.659. The Morgan fingerprint density at radius 3 is 2.50 bits per heavy atom. The summed E-state index contributed by atoms with van der Waals surface area (Å²) in [4.78, 5) is 24.1. The van der Waals surface area contributed by atoms with Gasteiger partial charge in [-0.05, 0) is 55.3 Å². The zero-order valence-corrected chi connectivity index (χ0v) is 18.6. The first kappa shape index (κ1) is 22.4. The van der Waals surface area contributed by atoms with Gasteiger partial charge in [-0.3, -0.25) is 9.59 Å². The van der Waals surface area contributed by atoms with Crippen LogP contribution in [0.4, 0.5) is 15.8 Å². The van der Waals surface area contributed by atoms with Gasteiger partial charge >= 0.3 is 0 Å². The van der Waals surface area contributed by atoms with E-state index in [1.807, 2.05) is 0 Å². The SMILES string of the molecule is CC(=O)Nc1cc(NC(=O)C2CCCN(S(=O)(=O)c3ccc(Br)cc3)C2)ccc1F. The summed E-state index contributed by atoms with van der Waals surface area (Å²) in [5.74, 6) is -1.95. The smallest absolute Gasteiger partial charge is 0.243 e. The predicted molar refractivity (Wildman–Crippen MR) is 115 cm³/mol. The third-order valence-electron chi connectivity index (χ3n) is 4.75. The molecule has 1 aliphatic rings. The minimum absolute atomic E-state index is 0.0385. The highest BCUT2D eigenvalue weighted by Gasteiger charge is 2.33. The first-order valence-corrected chi connectivity index (χ1v) is 11.5. The normalized spacial score (nSPS) is 17.4. The minimum Gasteiger partial charge on any atom is -0.326 e. The van der Waals surface area contributed by atoms with Crippen molar-refractivity contribution in [1.82, 2.24) is 4.31 Å². The zero-order valence-electron chi connectivity index (χ0n) is 16.2. The van der Waals surface area contributed by atoms with Crippen LogP contribution in [0.15, 0.2) is 51.8 Å². The molecule has 160 valence electrons. The van der Waals surface area contributed by atoms with Gasteiger partial charge in [0, 0.05) is 30.2 Å². The van der Waals surface area contributed by atoms with E-state index < -0.39 is 27.7 Å². The Morgan fingerprint density at radius 1 is 1.13 bits per heavy atom. The number of rotatable bonds is 5. The monoisotopic (exact) mass is 497 g/mol. The van der Waals surface area contributed by atoms with Crippen LogP contribution >= 0.6 is 15.9 Å². The molecular formula is C20H21BrFN3O4S. The van der Waals surface area contributed by atoms with Crippen LogP contribution in [0.1, 0.15) is 19.8 Å². The standard InChI is InChI=1S/C20H21BrFN3O4S/c1-13(26)23-19-11-16(6-9-18(19)22)24-20(27)14-3-2-10-25(12-14)30(28,29)17-7-4-15(21)5-8-17/h4-9,11,14H,2-3,10,12H2,1H3,(H,23,26)(H,24,27). The molecule has 30 heavy (non-hydrogen) atoms. The van der Waals surface area contributed by atoms with Gasteiger partial charge in [-0.2, -0.15) is 4.31 Å². The molecule has 1 unspecified atom stereocenters. The number of carbonyl (C=O) groups is 2. The first-order chi connectivity index (χ1) is 14.2. The van der Waals surface area contributed by atoms with E-state index in [9.17, 15) is 22.4 Å². The topological polar surface area (TPSA) is 95.6 Å². The number of hydrogen-bond donors (Lipinski definition) is 2. The third-order valence-corrected chi connectivity index (χ3v) is 7.16. The maximum atomic E-state index is 13.8. The van der Waals surface area contributed by atoms with Crippen molar-refractivity contribution >= 4 is 49.1 Å². The Labute approximate surface area is 182 Å². The summed E-state index contributed by atoms with van der Waals surface area (Å²) in [6.07, 6.45) is 1.09. The summed E-state index contributed by atoms with van der Waals surface area (Å²) < 4.78 is 41.7. The van der Waals surface area contributed by atoms with Gasteiger partial charge in [0.05, 0.1) is 16.5 Å². The number of nitrogens with one attached hydrogen (secondary N) is 2. The van der Waals surface area contributed by atoms with Gasteiger partial charge in [0.1, 0.15) is 5.82 Å². The molecule has 1 aliphatic heterocycles. The molecule has 1 heterocycles. The van der Waals surface area contributed by atoms with Crippen LogP contribution < -0.4 is 10.6 Å². The molecule has 0 saturated carbocycles. The van der Waals surface area contributed by atoms with Gasteiger partial charge < -0.3 is 10.6 Å². The van der Waals surface area contributed by atoms with Gasteiger partial charge in [0.25, 0.3) is 0 Å². The summed E-state index contributed by atoms with van der Waals surface area (Å²) in [5.41, 5.74) is 0.279. The summed E-state index contributed by atoms with van der Waals surface area (Å²) in [6.45, 7) is 1.66. The largest absolute Gasteiger partial charge is 0.326 e. The molecule has 10 heteroatoms. The fourth-order valence-electron chi connectivity index (χ4n) is 3.26. The second-order valence-electron chi connectivity index (χ2n) is 7.02. The molecule has 7 nitrogen and oxygen atoms in total. The van der Waals surface area contributed by atoms with Crippen molar-refractivity contribution in [2.24, 2.45) is 5.92 Å². The molecule has 2 aromatic rings. The first-order valence-electron chi connectivity index (χ1n) is 9.30. The number of nitrogens with zero attached hydrogens (tertiary/aromatic N) is 1. The highest BCUT2D eigenvalue weighted by Crippen LogP contribution is 2.26. The van der Waals surface area contributed by atoms with Gasteiger partial charge in [-0.15, -0.1) is 0 Å². The van der Waals surface area contributed by atoms with Crippen LogP contribution in [0.5, 0.6) is 0 Å². The van der Waals surface area contributed by atoms with Gasteiger partial charge in [0.2, 0.25) is 21.8 Å². The molecule has 0 aliphatic carbocycles. The van der Waals surface area contributed by atoms with Crippen LogP contribution in [-0.2, 0) is 19.6 Å². The average molecular weight is 498 g/mol. The maximum absolute atomic E-state index is 13.8. The summed E-state index contributed by atoms with van der Waals surface area (Å²) in [6, 6.07) is 10.2. The van der Waals surface area contributed by atoms with E-state index in [1.165, 1.54) is 35.5 Å². The van der Waals surface area contributed by atoms with Crippen LogP contribution in [0.3, 0.4) is 0 Å². The fourth-order valence-corrected chi connectivity index (χ4v) is 5.05. The molecule has 2 aromatic carbocycles. The van der Waals surface area contributed by atoms with Crippen molar-refractivity contribution in [3.8, 4) is 0 Å². The lowest BCUT2D eigenvalue weighted by Gasteiger charge is -2.31. The highest BCUT2D eigenvalue weighted by molar-refractivity contribution is 9.10. The van der Waals surface area contributed by atoms with Crippen LogP contribution in [-0.4, -0.2) is 37.6 Å². The van der Waals surface area contributed by atoms with E-state index in [1.54, 1.807) is 12.1 Å². The number of benzene rings is 2. The summed E-state index contributed by atoms with van der Waals surface area (Å²) >= 11 is 3.28. The number of amides is 2. The van der Waals surface area contributed by atoms with Crippen molar-refractivity contribution in [3.05, 3.63) is 52.8 Å². The predicted octanol–water partition coefficient (Wildman–Crippen LogP) is 3.59. The number of piperidine rings is 1. The Hall–Kier alpha value is -2.30. The average Bonchev–Trinajstić information content (AvgIpc) is 2.70. The molecule has 1 atom stereocenters. The molecule has 1 fully saturated rings.